The van der Waals surface area contributed by atoms with Gasteiger partial charge in [0.15, 0.2) is 11.6 Å². The van der Waals surface area contributed by atoms with Gasteiger partial charge in [-0.15, -0.1) is 0 Å². The van der Waals surface area contributed by atoms with Crippen molar-refractivity contribution in [2.75, 3.05) is 18.5 Å². The van der Waals surface area contributed by atoms with Gasteiger partial charge in [-0.3, -0.25) is 4.79 Å². The van der Waals surface area contributed by atoms with Crippen molar-refractivity contribution in [3.05, 3.63) is 17.3 Å². The van der Waals surface area contributed by atoms with Gasteiger partial charge in [-0.1, -0.05) is 0 Å². The lowest BCUT2D eigenvalue weighted by Crippen LogP contribution is -2.42. The van der Waals surface area contributed by atoms with Gasteiger partial charge in [-0.2, -0.15) is 4.98 Å². The first kappa shape index (κ1) is 12.0. The number of hydrogen-bond acceptors (Lipinski definition) is 4. The maximum Gasteiger partial charge on any atom is 0.242 e. The maximum absolute atomic E-state index is 13.6. The molecule has 1 unspecified atom stereocenters. The average molecular weight is 259 g/mol. The number of anilines is 1. The largest absolute Gasteiger partial charge is 0.357 e. The lowest BCUT2D eigenvalue weighted by atomic mass is 10.2. The molecule has 0 spiro atoms. The van der Waals surface area contributed by atoms with Crippen LogP contribution in [0.4, 0.5) is 10.2 Å². The van der Waals surface area contributed by atoms with Crippen LogP contribution in [-0.4, -0.2) is 35.5 Å². The second-order valence-electron chi connectivity index (χ2n) is 3.78. The summed E-state index contributed by atoms with van der Waals surface area (Å²) in [5.74, 6) is -0.613. The molecule has 0 saturated carbocycles. The van der Waals surface area contributed by atoms with E-state index in [1.807, 2.05) is 0 Å². The van der Waals surface area contributed by atoms with Crippen molar-refractivity contribution in [2.24, 2.45) is 0 Å². The highest BCUT2D eigenvalue weighted by molar-refractivity contribution is 6.28. The molecular weight excluding hydrogens is 247 g/mol. The van der Waals surface area contributed by atoms with Gasteiger partial charge in [-0.05, 0) is 24.4 Å². The van der Waals surface area contributed by atoms with Crippen LogP contribution in [0.2, 0.25) is 5.28 Å². The monoisotopic (exact) mass is 258 g/mol. The van der Waals surface area contributed by atoms with Gasteiger partial charge >= 0.3 is 0 Å². The third kappa shape index (κ3) is 2.31. The normalized spacial score (nSPS) is 19.5. The minimum Gasteiger partial charge on any atom is -0.357 e. The quantitative estimate of drug-likeness (QED) is 0.804. The molecule has 0 radical (unpaired) electrons. The maximum atomic E-state index is 13.6. The van der Waals surface area contributed by atoms with E-state index < -0.39 is 5.82 Å². The van der Waals surface area contributed by atoms with Crippen LogP contribution in [0.1, 0.15) is 12.8 Å². The molecule has 0 aromatic carbocycles. The van der Waals surface area contributed by atoms with Crippen molar-refractivity contribution in [1.82, 2.24) is 15.3 Å². The molecule has 7 heteroatoms. The number of nitrogens with zero attached hydrogens (tertiary/aromatic N) is 3. The Morgan fingerprint density at radius 2 is 2.47 bits per heavy atom. The van der Waals surface area contributed by atoms with Crippen LogP contribution >= 0.6 is 11.6 Å². The number of aromatic nitrogens is 2. The first-order valence-corrected chi connectivity index (χ1v) is 5.67. The molecule has 1 aliphatic rings. The van der Waals surface area contributed by atoms with Crippen LogP contribution in [0.15, 0.2) is 6.20 Å². The van der Waals surface area contributed by atoms with Crippen LogP contribution in [0.5, 0.6) is 0 Å². The van der Waals surface area contributed by atoms with E-state index in [0.717, 1.165) is 12.6 Å². The molecule has 1 aromatic heterocycles. The predicted molar refractivity (Wildman–Crippen MR) is 61.4 cm³/mol. The standard InChI is InChI=1S/C10H12ClFN4O/c1-13-9(17)7-3-2-4-16(7)8-6(12)5-14-10(11)15-8/h5,7H,2-4H2,1H3,(H,13,17). The van der Waals surface area contributed by atoms with Crippen molar-refractivity contribution in [3.8, 4) is 0 Å². The van der Waals surface area contributed by atoms with Crippen LogP contribution < -0.4 is 10.2 Å². The lowest BCUT2D eigenvalue weighted by molar-refractivity contribution is -0.121. The first-order valence-electron chi connectivity index (χ1n) is 5.29. The van der Waals surface area contributed by atoms with E-state index in [0.29, 0.717) is 13.0 Å². The Balaban J connectivity index is 2.32. The molecule has 1 fully saturated rings. The fourth-order valence-electron chi connectivity index (χ4n) is 2.00. The van der Waals surface area contributed by atoms with E-state index in [-0.39, 0.29) is 23.1 Å². The van der Waals surface area contributed by atoms with E-state index in [1.165, 1.54) is 0 Å². The summed E-state index contributed by atoms with van der Waals surface area (Å²) in [5.41, 5.74) is 0. The Morgan fingerprint density at radius 1 is 1.71 bits per heavy atom. The summed E-state index contributed by atoms with van der Waals surface area (Å²) in [4.78, 5) is 20.7. The van der Waals surface area contributed by atoms with Gasteiger partial charge in [0.25, 0.3) is 0 Å². The van der Waals surface area contributed by atoms with Crippen molar-refractivity contribution in [2.45, 2.75) is 18.9 Å². The molecule has 2 heterocycles. The average Bonchev–Trinajstić information content (AvgIpc) is 2.80. The van der Waals surface area contributed by atoms with Crippen molar-refractivity contribution in [1.29, 1.82) is 0 Å². The van der Waals surface area contributed by atoms with Gasteiger partial charge in [-0.25, -0.2) is 9.37 Å². The summed E-state index contributed by atoms with van der Waals surface area (Å²) in [6, 6.07) is -0.388. The van der Waals surface area contributed by atoms with E-state index in [1.54, 1.807) is 11.9 Å². The zero-order chi connectivity index (χ0) is 12.4. The number of hydrogen-bond donors (Lipinski definition) is 1. The molecule has 1 amide bonds. The molecular formula is C10H12ClFN4O. The van der Waals surface area contributed by atoms with Crippen LogP contribution in [0.25, 0.3) is 0 Å². The molecule has 1 aliphatic heterocycles. The lowest BCUT2D eigenvalue weighted by Gasteiger charge is -2.24. The molecule has 0 bridgehead atoms. The minimum absolute atomic E-state index is 0.0241. The van der Waals surface area contributed by atoms with Crippen LogP contribution in [-0.2, 0) is 4.79 Å². The molecule has 17 heavy (non-hydrogen) atoms. The van der Waals surface area contributed by atoms with E-state index in [4.69, 9.17) is 11.6 Å². The Labute approximate surface area is 103 Å². The number of rotatable bonds is 2. The van der Waals surface area contributed by atoms with Crippen molar-refractivity contribution in [3.63, 3.8) is 0 Å². The zero-order valence-electron chi connectivity index (χ0n) is 9.28. The number of amides is 1. The molecule has 92 valence electrons. The van der Waals surface area contributed by atoms with Crippen LogP contribution in [0, 0.1) is 5.82 Å². The smallest absolute Gasteiger partial charge is 0.242 e. The SMILES string of the molecule is CNC(=O)C1CCCN1c1nc(Cl)ncc1F. The number of nitrogens with one attached hydrogen (secondary N) is 1. The minimum atomic E-state index is -0.565. The molecule has 5 nitrogen and oxygen atoms in total. The third-order valence-corrected chi connectivity index (χ3v) is 2.95. The highest BCUT2D eigenvalue weighted by Gasteiger charge is 2.32. The summed E-state index contributed by atoms with van der Waals surface area (Å²) in [6.07, 6.45) is 2.52. The van der Waals surface area contributed by atoms with Crippen molar-refractivity contribution < 1.29 is 9.18 Å². The number of carbonyl (C=O) groups excluding carboxylic acids is 1. The van der Waals surface area contributed by atoms with E-state index in [9.17, 15) is 9.18 Å². The number of halogens is 2. The highest BCUT2D eigenvalue weighted by Crippen LogP contribution is 2.26. The Bertz CT molecular complexity index is 442. The van der Waals surface area contributed by atoms with E-state index >= 15 is 0 Å². The van der Waals surface area contributed by atoms with Gasteiger partial charge in [0, 0.05) is 13.6 Å². The third-order valence-electron chi connectivity index (χ3n) is 2.77. The fourth-order valence-corrected chi connectivity index (χ4v) is 2.13. The molecule has 1 N–H and O–H groups in total. The van der Waals surface area contributed by atoms with Gasteiger partial charge in [0.1, 0.15) is 6.04 Å². The second kappa shape index (κ2) is 4.83. The van der Waals surface area contributed by atoms with Crippen molar-refractivity contribution >= 4 is 23.3 Å². The van der Waals surface area contributed by atoms with Gasteiger partial charge in [0.2, 0.25) is 11.2 Å². The summed E-state index contributed by atoms with van der Waals surface area (Å²) >= 11 is 5.64. The first-order chi connectivity index (χ1) is 8.13. The summed E-state index contributed by atoms with van der Waals surface area (Å²) in [7, 11) is 1.56. The zero-order valence-corrected chi connectivity index (χ0v) is 10.0. The highest BCUT2D eigenvalue weighted by atomic mass is 35.5. The summed E-state index contributed by atoms with van der Waals surface area (Å²) in [5, 5.41) is 2.54. The molecule has 2 rings (SSSR count). The predicted octanol–water partition coefficient (Wildman–Crippen LogP) is 0.984. The summed E-state index contributed by atoms with van der Waals surface area (Å²) < 4.78 is 13.6. The molecule has 1 saturated heterocycles. The summed E-state index contributed by atoms with van der Waals surface area (Å²) in [6.45, 7) is 0.586. The van der Waals surface area contributed by atoms with E-state index in [2.05, 4.69) is 15.3 Å². The molecule has 1 atom stereocenters. The second-order valence-corrected chi connectivity index (χ2v) is 4.11. The topological polar surface area (TPSA) is 58.1 Å². The van der Waals surface area contributed by atoms with Gasteiger partial charge < -0.3 is 10.2 Å². The van der Waals surface area contributed by atoms with Gasteiger partial charge in [0.05, 0.1) is 6.20 Å². The Kier molecular flexibility index (Phi) is 3.42. The molecule has 0 aliphatic carbocycles. The molecule has 1 aromatic rings. The van der Waals surface area contributed by atoms with Crippen LogP contribution in [0.3, 0.4) is 0 Å². The Hall–Kier alpha value is -1.43. The Morgan fingerprint density at radius 3 is 3.18 bits per heavy atom. The number of likely N-dealkylation sites (N-methyl/N-ethyl adjacent to an activating group) is 1. The number of carbonyl (C=O) groups is 1. The fraction of sp³-hybridized carbons (Fsp3) is 0.500.